The highest BCUT2D eigenvalue weighted by Crippen LogP contribution is 2.18. The minimum Gasteiger partial charge on any atom is -0.395 e. The Morgan fingerprint density at radius 2 is 1.76 bits per heavy atom. The summed E-state index contributed by atoms with van der Waals surface area (Å²) in [6.07, 6.45) is 0.108. The molecule has 0 bridgehead atoms. The van der Waals surface area contributed by atoms with Gasteiger partial charge in [-0.25, -0.2) is 8.42 Å². The fourth-order valence-corrected chi connectivity index (χ4v) is 1.89. The number of aliphatic hydroxyl groups excluding tert-OH is 2. The van der Waals surface area contributed by atoms with E-state index in [2.05, 4.69) is 0 Å². The largest absolute Gasteiger partial charge is 0.395 e. The van der Waals surface area contributed by atoms with E-state index in [-0.39, 0.29) is 23.9 Å². The topological polar surface area (TPSA) is 101 Å². The molecule has 0 fully saturated rings. The highest BCUT2D eigenvalue weighted by Gasteiger charge is 2.16. The number of hydrogen-bond acceptors (Lipinski definition) is 5. The fraction of sp³-hybridized carbons (Fsp3) is 0.400. The molecule has 0 saturated carbocycles. The number of aliphatic hydroxyl groups is 2. The lowest BCUT2D eigenvalue weighted by atomic mass is 10.0. The molecule has 0 heterocycles. The lowest BCUT2D eigenvalue weighted by molar-refractivity contribution is 0.109. The van der Waals surface area contributed by atoms with Crippen LogP contribution in [0.2, 0.25) is 0 Å². The number of rotatable bonds is 4. The molecule has 0 unspecified atom stereocenters. The Morgan fingerprint density at radius 3 is 2.12 bits per heavy atom. The van der Waals surface area contributed by atoms with Crippen molar-refractivity contribution in [2.75, 3.05) is 12.9 Å². The molecule has 0 aliphatic carbocycles. The standard InChI is InChI=1S/C10H15NO4S.ClH/c1-16(14,15)8-4-2-7(3-5-8)10(13)9(11)6-12;/h2-5,9-10,12-13H,6,11H2,1H3;1H/t9-,10-;/m0./s1. The van der Waals surface area contributed by atoms with Crippen LogP contribution in [0.25, 0.3) is 0 Å². The molecule has 7 heteroatoms. The first-order chi connectivity index (χ1) is 7.36. The minimum absolute atomic E-state index is 0. The predicted octanol–water partition coefficient (Wildman–Crippen LogP) is -0.135. The summed E-state index contributed by atoms with van der Waals surface area (Å²) in [7, 11) is -3.23. The van der Waals surface area contributed by atoms with Crippen molar-refractivity contribution in [1.82, 2.24) is 0 Å². The van der Waals surface area contributed by atoms with Crippen molar-refractivity contribution >= 4 is 22.2 Å². The molecular formula is C10H16ClNO4S. The Labute approximate surface area is 107 Å². The first kappa shape index (κ1) is 16.3. The third-order valence-electron chi connectivity index (χ3n) is 2.27. The van der Waals surface area contributed by atoms with Crippen LogP contribution in [0, 0.1) is 0 Å². The summed E-state index contributed by atoms with van der Waals surface area (Å²) in [4.78, 5) is 0.181. The zero-order chi connectivity index (χ0) is 12.3. The third-order valence-corrected chi connectivity index (χ3v) is 3.39. The number of nitrogens with two attached hydrogens (primary N) is 1. The molecular weight excluding hydrogens is 266 g/mol. The zero-order valence-electron chi connectivity index (χ0n) is 9.28. The summed E-state index contributed by atoms with van der Waals surface area (Å²) in [6, 6.07) is 4.99. The van der Waals surface area contributed by atoms with Crippen LogP contribution in [0.15, 0.2) is 29.2 Å². The van der Waals surface area contributed by atoms with Crippen LogP contribution in [0.1, 0.15) is 11.7 Å². The normalized spacial score (nSPS) is 14.8. The van der Waals surface area contributed by atoms with Crippen LogP contribution in [0.4, 0.5) is 0 Å². The van der Waals surface area contributed by atoms with Gasteiger partial charge < -0.3 is 15.9 Å². The van der Waals surface area contributed by atoms with E-state index in [1.807, 2.05) is 0 Å². The van der Waals surface area contributed by atoms with Crippen molar-refractivity contribution in [2.45, 2.75) is 17.0 Å². The first-order valence-corrected chi connectivity index (χ1v) is 6.60. The maximum absolute atomic E-state index is 11.2. The van der Waals surface area contributed by atoms with Crippen LogP contribution >= 0.6 is 12.4 Å². The van der Waals surface area contributed by atoms with Gasteiger partial charge in [-0.2, -0.15) is 0 Å². The van der Waals surface area contributed by atoms with E-state index in [1.54, 1.807) is 0 Å². The molecule has 98 valence electrons. The van der Waals surface area contributed by atoms with Crippen LogP contribution in [-0.2, 0) is 9.84 Å². The molecule has 1 aromatic rings. The lowest BCUT2D eigenvalue weighted by Gasteiger charge is -2.16. The van der Waals surface area contributed by atoms with Gasteiger partial charge in [0.25, 0.3) is 0 Å². The van der Waals surface area contributed by atoms with Crippen molar-refractivity contribution < 1.29 is 18.6 Å². The van der Waals surface area contributed by atoms with Gasteiger partial charge in [-0.15, -0.1) is 12.4 Å². The summed E-state index contributed by atoms with van der Waals surface area (Å²) in [5, 5.41) is 18.4. The van der Waals surface area contributed by atoms with Crippen molar-refractivity contribution in [3.63, 3.8) is 0 Å². The second-order valence-corrected chi connectivity index (χ2v) is 5.65. The van der Waals surface area contributed by atoms with E-state index in [0.29, 0.717) is 5.56 Å². The summed E-state index contributed by atoms with van der Waals surface area (Å²) in [5.41, 5.74) is 5.93. The molecule has 1 aromatic carbocycles. The summed E-state index contributed by atoms with van der Waals surface area (Å²) < 4.78 is 22.4. The molecule has 0 saturated heterocycles. The molecule has 17 heavy (non-hydrogen) atoms. The minimum atomic E-state index is -3.23. The van der Waals surface area contributed by atoms with E-state index in [4.69, 9.17) is 10.8 Å². The lowest BCUT2D eigenvalue weighted by Crippen LogP contribution is -2.31. The van der Waals surface area contributed by atoms with Gasteiger partial charge in [0.2, 0.25) is 0 Å². The van der Waals surface area contributed by atoms with E-state index in [1.165, 1.54) is 24.3 Å². The van der Waals surface area contributed by atoms with Crippen LogP contribution in [0.3, 0.4) is 0 Å². The average Bonchev–Trinajstić information content (AvgIpc) is 2.26. The molecule has 1 rings (SSSR count). The number of benzene rings is 1. The maximum Gasteiger partial charge on any atom is 0.175 e. The van der Waals surface area contributed by atoms with Gasteiger partial charge >= 0.3 is 0 Å². The van der Waals surface area contributed by atoms with Crippen molar-refractivity contribution in [1.29, 1.82) is 0 Å². The van der Waals surface area contributed by atoms with Crippen molar-refractivity contribution in [3.8, 4) is 0 Å². The highest BCUT2D eigenvalue weighted by atomic mass is 35.5. The van der Waals surface area contributed by atoms with Gasteiger partial charge in [0.15, 0.2) is 9.84 Å². The van der Waals surface area contributed by atoms with Gasteiger partial charge in [0, 0.05) is 6.26 Å². The molecule has 4 N–H and O–H groups in total. The molecule has 5 nitrogen and oxygen atoms in total. The second kappa shape index (κ2) is 6.32. The summed E-state index contributed by atoms with van der Waals surface area (Å²) in [5.74, 6) is 0. The Bertz CT molecular complexity index is 446. The Kier molecular flexibility index (Phi) is 6.08. The highest BCUT2D eigenvalue weighted by molar-refractivity contribution is 7.90. The summed E-state index contributed by atoms with van der Waals surface area (Å²) in [6.45, 7) is -0.338. The maximum atomic E-state index is 11.2. The van der Waals surface area contributed by atoms with Crippen LogP contribution in [-0.4, -0.2) is 37.5 Å². The number of sulfone groups is 1. The second-order valence-electron chi connectivity index (χ2n) is 3.63. The Morgan fingerprint density at radius 1 is 1.29 bits per heavy atom. The first-order valence-electron chi connectivity index (χ1n) is 4.71. The predicted molar refractivity (Wildman–Crippen MR) is 66.8 cm³/mol. The third kappa shape index (κ3) is 4.25. The summed E-state index contributed by atoms with van der Waals surface area (Å²) >= 11 is 0. The van der Waals surface area contributed by atoms with E-state index >= 15 is 0 Å². The van der Waals surface area contributed by atoms with Gasteiger partial charge in [-0.1, -0.05) is 12.1 Å². The van der Waals surface area contributed by atoms with E-state index in [0.717, 1.165) is 6.26 Å². The fourth-order valence-electron chi connectivity index (χ4n) is 1.26. The van der Waals surface area contributed by atoms with E-state index in [9.17, 15) is 13.5 Å². The molecule has 2 atom stereocenters. The molecule has 0 spiro atoms. The van der Waals surface area contributed by atoms with E-state index < -0.39 is 22.0 Å². The molecule has 0 radical (unpaired) electrons. The van der Waals surface area contributed by atoms with Crippen LogP contribution < -0.4 is 5.73 Å². The SMILES string of the molecule is CS(=O)(=O)c1ccc([C@H](O)[C@@H](N)CO)cc1.Cl. The molecule has 0 aliphatic rings. The average molecular weight is 282 g/mol. The monoisotopic (exact) mass is 281 g/mol. The van der Waals surface area contributed by atoms with Gasteiger partial charge in [-0.05, 0) is 17.7 Å². The molecule has 0 amide bonds. The molecule has 0 aromatic heterocycles. The van der Waals surface area contributed by atoms with Gasteiger partial charge in [0.1, 0.15) is 0 Å². The van der Waals surface area contributed by atoms with Crippen molar-refractivity contribution in [2.24, 2.45) is 5.73 Å². The van der Waals surface area contributed by atoms with Crippen molar-refractivity contribution in [3.05, 3.63) is 29.8 Å². The van der Waals surface area contributed by atoms with Crippen LogP contribution in [0.5, 0.6) is 0 Å². The zero-order valence-corrected chi connectivity index (χ0v) is 10.9. The number of halogens is 1. The molecule has 0 aliphatic heterocycles. The smallest absolute Gasteiger partial charge is 0.175 e. The quantitative estimate of drug-likeness (QED) is 0.713. The number of hydrogen-bond donors (Lipinski definition) is 3. The van der Waals surface area contributed by atoms with Gasteiger partial charge in [0.05, 0.1) is 23.6 Å². The Balaban J connectivity index is 0.00000256. The van der Waals surface area contributed by atoms with Gasteiger partial charge in [-0.3, -0.25) is 0 Å². The Hall–Kier alpha value is -0.660.